The molecule has 2 nitrogen and oxygen atoms in total. The van der Waals surface area contributed by atoms with Crippen molar-refractivity contribution in [3.05, 3.63) is 35.6 Å². The average molecular weight is 166 g/mol. The maximum absolute atomic E-state index is 10.1. The van der Waals surface area contributed by atoms with Gasteiger partial charge in [0, 0.05) is 0 Å². The summed E-state index contributed by atoms with van der Waals surface area (Å²) in [7, 11) is 1.62. The molecule has 0 saturated heterocycles. The monoisotopic (exact) mass is 166 g/mol. The van der Waals surface area contributed by atoms with Gasteiger partial charge in [-0.05, 0) is 25.5 Å². The second kappa shape index (κ2) is 6.40. The van der Waals surface area contributed by atoms with Crippen LogP contribution in [0.4, 0.5) is 0 Å². The Balaban J connectivity index is 4.01. The maximum atomic E-state index is 10.1. The highest BCUT2D eigenvalue weighted by molar-refractivity contribution is 5.72. The number of aldehydes is 1. The van der Waals surface area contributed by atoms with E-state index in [2.05, 4.69) is 0 Å². The molecule has 0 aliphatic rings. The molecular weight excluding hydrogens is 152 g/mol. The summed E-state index contributed by atoms with van der Waals surface area (Å²) in [5, 5.41) is 0. The maximum Gasteiger partial charge on any atom is 0.145 e. The molecule has 0 aliphatic carbocycles. The fraction of sp³-hybridized carbons (Fsp3) is 0.300. The van der Waals surface area contributed by atoms with Gasteiger partial charge in [0.1, 0.15) is 6.29 Å². The highest BCUT2D eigenvalue weighted by Crippen LogP contribution is 1.93. The van der Waals surface area contributed by atoms with Gasteiger partial charge in [0.05, 0.1) is 12.9 Å². The Morgan fingerprint density at radius 3 is 2.25 bits per heavy atom. The standard InChI is InChI=1S/C10H14O2/c1-9(8-11)6-4-5-7-10(2)12-3/h4-8H,1-3H3. The van der Waals surface area contributed by atoms with E-state index >= 15 is 0 Å². The molecule has 0 aromatic carbocycles. The van der Waals surface area contributed by atoms with Crippen molar-refractivity contribution in [3.63, 3.8) is 0 Å². The largest absolute Gasteiger partial charge is 0.501 e. The Morgan fingerprint density at radius 2 is 1.75 bits per heavy atom. The third kappa shape index (κ3) is 5.47. The summed E-state index contributed by atoms with van der Waals surface area (Å²) in [6.45, 7) is 3.62. The topological polar surface area (TPSA) is 26.3 Å². The van der Waals surface area contributed by atoms with Crippen molar-refractivity contribution in [3.8, 4) is 0 Å². The van der Waals surface area contributed by atoms with Crippen LogP contribution < -0.4 is 0 Å². The zero-order chi connectivity index (χ0) is 9.40. The molecule has 0 aromatic rings. The molecule has 66 valence electrons. The number of carbonyl (C=O) groups is 1. The zero-order valence-corrected chi connectivity index (χ0v) is 7.70. The normalized spacial score (nSPS) is 13.6. The molecule has 0 aromatic heterocycles. The van der Waals surface area contributed by atoms with E-state index in [4.69, 9.17) is 4.74 Å². The molecule has 0 heterocycles. The van der Waals surface area contributed by atoms with Crippen molar-refractivity contribution in [2.75, 3.05) is 7.11 Å². The number of carbonyl (C=O) groups excluding carboxylic acids is 1. The Hall–Kier alpha value is -1.31. The molecule has 0 radical (unpaired) electrons. The summed E-state index contributed by atoms with van der Waals surface area (Å²) in [4.78, 5) is 10.1. The van der Waals surface area contributed by atoms with Crippen molar-refractivity contribution in [1.82, 2.24) is 0 Å². The van der Waals surface area contributed by atoms with Gasteiger partial charge < -0.3 is 4.74 Å². The SMILES string of the molecule is COC(C)=CC=CC=C(C)C=O. The first-order valence-electron chi connectivity index (χ1n) is 3.71. The van der Waals surface area contributed by atoms with Gasteiger partial charge in [-0.2, -0.15) is 0 Å². The smallest absolute Gasteiger partial charge is 0.145 e. The number of hydrogen-bond donors (Lipinski definition) is 0. The second-order valence-corrected chi connectivity index (χ2v) is 2.39. The fourth-order valence-corrected chi connectivity index (χ4v) is 0.506. The summed E-state index contributed by atoms with van der Waals surface area (Å²) < 4.78 is 4.90. The number of allylic oxidation sites excluding steroid dienone is 6. The predicted molar refractivity (Wildman–Crippen MR) is 49.7 cm³/mol. The van der Waals surface area contributed by atoms with Crippen LogP contribution in [0.2, 0.25) is 0 Å². The highest BCUT2D eigenvalue weighted by atomic mass is 16.5. The highest BCUT2D eigenvalue weighted by Gasteiger charge is 1.79. The predicted octanol–water partition coefficient (Wildman–Crippen LogP) is 2.24. The Labute approximate surface area is 73.2 Å². The van der Waals surface area contributed by atoms with Crippen LogP contribution in [0.15, 0.2) is 35.6 Å². The van der Waals surface area contributed by atoms with Gasteiger partial charge in [-0.1, -0.05) is 18.2 Å². The minimum Gasteiger partial charge on any atom is -0.501 e. The summed E-state index contributed by atoms with van der Waals surface area (Å²) in [6, 6.07) is 0. The van der Waals surface area contributed by atoms with Gasteiger partial charge in [-0.25, -0.2) is 0 Å². The van der Waals surface area contributed by atoms with Crippen LogP contribution in [0, 0.1) is 0 Å². The van der Waals surface area contributed by atoms with Crippen LogP contribution in [0.1, 0.15) is 13.8 Å². The molecule has 0 spiro atoms. The van der Waals surface area contributed by atoms with Crippen LogP contribution in [0.3, 0.4) is 0 Å². The summed E-state index contributed by atoms with van der Waals surface area (Å²) in [5.41, 5.74) is 0.703. The molecule has 0 saturated carbocycles. The van der Waals surface area contributed by atoms with Crippen molar-refractivity contribution in [2.45, 2.75) is 13.8 Å². The number of methoxy groups -OCH3 is 1. The molecule has 0 rings (SSSR count). The van der Waals surface area contributed by atoms with Crippen molar-refractivity contribution in [2.24, 2.45) is 0 Å². The summed E-state index contributed by atoms with van der Waals surface area (Å²) in [6.07, 6.45) is 8.01. The minimum atomic E-state index is 0.703. The molecule has 12 heavy (non-hydrogen) atoms. The molecule has 0 aliphatic heterocycles. The minimum absolute atomic E-state index is 0.703. The summed E-state index contributed by atoms with van der Waals surface area (Å²) in [5.74, 6) is 0.836. The Morgan fingerprint density at radius 1 is 1.17 bits per heavy atom. The Kier molecular flexibility index (Phi) is 5.70. The van der Waals surface area contributed by atoms with E-state index in [1.807, 2.05) is 19.1 Å². The lowest BCUT2D eigenvalue weighted by molar-refractivity contribution is -0.104. The first-order chi connectivity index (χ1) is 5.70. The van der Waals surface area contributed by atoms with Crippen LogP contribution >= 0.6 is 0 Å². The first kappa shape index (κ1) is 10.7. The van der Waals surface area contributed by atoms with E-state index in [1.54, 1.807) is 26.2 Å². The fourth-order valence-electron chi connectivity index (χ4n) is 0.506. The number of hydrogen-bond acceptors (Lipinski definition) is 2. The number of rotatable bonds is 4. The lowest BCUT2D eigenvalue weighted by atomic mass is 10.3. The first-order valence-corrected chi connectivity index (χ1v) is 3.71. The van der Waals surface area contributed by atoms with Crippen LogP contribution in [-0.2, 0) is 9.53 Å². The van der Waals surface area contributed by atoms with Crippen molar-refractivity contribution in [1.29, 1.82) is 0 Å². The van der Waals surface area contributed by atoms with Gasteiger partial charge in [0.15, 0.2) is 0 Å². The lowest BCUT2D eigenvalue weighted by Gasteiger charge is -1.93. The zero-order valence-electron chi connectivity index (χ0n) is 7.70. The molecular formula is C10H14O2. The van der Waals surface area contributed by atoms with Gasteiger partial charge >= 0.3 is 0 Å². The van der Waals surface area contributed by atoms with E-state index in [0.29, 0.717) is 5.57 Å². The Bertz CT molecular complexity index is 222. The molecule has 0 bridgehead atoms. The molecule has 0 fully saturated rings. The summed E-state index contributed by atoms with van der Waals surface area (Å²) >= 11 is 0. The van der Waals surface area contributed by atoms with E-state index in [-0.39, 0.29) is 0 Å². The van der Waals surface area contributed by atoms with Gasteiger partial charge in [-0.3, -0.25) is 4.79 Å². The van der Waals surface area contributed by atoms with Crippen LogP contribution in [0.5, 0.6) is 0 Å². The lowest BCUT2D eigenvalue weighted by Crippen LogP contribution is -1.76. The van der Waals surface area contributed by atoms with Gasteiger partial charge in [0.2, 0.25) is 0 Å². The van der Waals surface area contributed by atoms with Gasteiger partial charge in [-0.15, -0.1) is 0 Å². The molecule has 0 unspecified atom stereocenters. The van der Waals surface area contributed by atoms with E-state index in [0.717, 1.165) is 12.0 Å². The van der Waals surface area contributed by atoms with Crippen molar-refractivity contribution < 1.29 is 9.53 Å². The van der Waals surface area contributed by atoms with Crippen LogP contribution in [-0.4, -0.2) is 13.4 Å². The van der Waals surface area contributed by atoms with Gasteiger partial charge in [0.25, 0.3) is 0 Å². The molecule has 0 amide bonds. The van der Waals surface area contributed by atoms with Crippen molar-refractivity contribution >= 4 is 6.29 Å². The van der Waals surface area contributed by atoms with E-state index in [9.17, 15) is 4.79 Å². The molecule has 0 atom stereocenters. The van der Waals surface area contributed by atoms with Crippen LogP contribution in [0.25, 0.3) is 0 Å². The number of ether oxygens (including phenoxy) is 1. The van der Waals surface area contributed by atoms with E-state index in [1.165, 1.54) is 0 Å². The molecule has 2 heteroatoms. The second-order valence-electron chi connectivity index (χ2n) is 2.39. The molecule has 0 N–H and O–H groups in total. The quantitative estimate of drug-likeness (QED) is 0.277. The third-order valence-electron chi connectivity index (χ3n) is 1.31. The third-order valence-corrected chi connectivity index (χ3v) is 1.31. The van der Waals surface area contributed by atoms with E-state index < -0.39 is 0 Å². The average Bonchev–Trinajstić information content (AvgIpc) is 2.11.